The molecule has 0 atom stereocenters. The van der Waals surface area contributed by atoms with E-state index in [0.717, 1.165) is 62.7 Å². The van der Waals surface area contributed by atoms with Gasteiger partial charge in [-0.2, -0.15) is 0 Å². The predicted octanol–water partition coefficient (Wildman–Crippen LogP) is 19.6. The number of benzene rings is 12. The second-order valence-corrected chi connectivity index (χ2v) is 20.0. The fourth-order valence-electron chi connectivity index (χ4n) is 12.1. The molecule has 0 saturated heterocycles. The molecular formula is C69H46N2O2. The molecule has 0 radical (unpaired) electrons. The van der Waals surface area contributed by atoms with Crippen molar-refractivity contribution < 1.29 is 9.47 Å². The largest absolute Gasteiger partial charge is 0.453 e. The van der Waals surface area contributed by atoms with E-state index >= 15 is 0 Å². The molecule has 73 heavy (non-hydrogen) atoms. The summed E-state index contributed by atoms with van der Waals surface area (Å²) >= 11 is 0. The van der Waals surface area contributed by atoms with Gasteiger partial charge in [-0.15, -0.1) is 0 Å². The first kappa shape index (κ1) is 41.4. The van der Waals surface area contributed by atoms with Gasteiger partial charge in [0.15, 0.2) is 23.0 Å². The van der Waals surface area contributed by atoms with Gasteiger partial charge < -0.3 is 19.3 Å². The molecule has 4 nitrogen and oxygen atoms in total. The summed E-state index contributed by atoms with van der Waals surface area (Å²) in [6, 6.07) is 88.3. The number of ether oxygens (including phenoxy) is 2. The van der Waals surface area contributed by atoms with Gasteiger partial charge in [0.1, 0.15) is 0 Å². The second-order valence-electron chi connectivity index (χ2n) is 20.0. The van der Waals surface area contributed by atoms with E-state index in [4.69, 9.17) is 9.47 Å². The molecule has 0 aromatic heterocycles. The van der Waals surface area contributed by atoms with Crippen LogP contribution in [0.4, 0.5) is 34.1 Å². The topological polar surface area (TPSA) is 24.9 Å². The lowest BCUT2D eigenvalue weighted by Crippen LogP contribution is -2.16. The quantitative estimate of drug-likeness (QED) is 0.161. The Labute approximate surface area is 424 Å². The normalized spacial score (nSPS) is 13.6. The third-order valence-electron chi connectivity index (χ3n) is 15.6. The molecule has 12 aromatic rings. The number of nitrogens with zero attached hydrogens (tertiary/aromatic N) is 2. The molecule has 0 bridgehead atoms. The van der Waals surface area contributed by atoms with E-state index in [1.165, 1.54) is 82.4 Å². The molecule has 0 spiro atoms. The molecule has 4 heteroatoms. The molecule has 2 aliphatic heterocycles. The number of anilines is 6. The Balaban J connectivity index is 1.03. The van der Waals surface area contributed by atoms with Crippen molar-refractivity contribution in [2.45, 2.75) is 19.3 Å². The molecule has 2 heterocycles. The van der Waals surface area contributed by atoms with E-state index in [9.17, 15) is 0 Å². The van der Waals surface area contributed by atoms with Crippen LogP contribution in [-0.2, 0) is 5.41 Å². The summed E-state index contributed by atoms with van der Waals surface area (Å²) in [5.41, 5.74) is 18.3. The van der Waals surface area contributed by atoms with E-state index in [-0.39, 0.29) is 5.41 Å². The van der Waals surface area contributed by atoms with E-state index < -0.39 is 0 Å². The molecule has 1 aliphatic carbocycles. The van der Waals surface area contributed by atoms with Gasteiger partial charge in [-0.05, 0) is 179 Å². The molecule has 3 aliphatic rings. The third-order valence-corrected chi connectivity index (χ3v) is 15.6. The second kappa shape index (κ2) is 15.8. The Bertz CT molecular complexity index is 4180. The lowest BCUT2D eigenvalue weighted by atomic mass is 9.79. The average molecular weight is 935 g/mol. The highest BCUT2D eigenvalue weighted by molar-refractivity contribution is 6.23. The zero-order valence-electron chi connectivity index (χ0n) is 40.3. The molecule has 12 aromatic carbocycles. The zero-order chi connectivity index (χ0) is 48.4. The predicted molar refractivity (Wildman–Crippen MR) is 302 cm³/mol. The van der Waals surface area contributed by atoms with Crippen LogP contribution < -0.4 is 19.3 Å². The first-order chi connectivity index (χ1) is 35.9. The van der Waals surface area contributed by atoms with Crippen molar-refractivity contribution >= 4 is 66.4 Å². The summed E-state index contributed by atoms with van der Waals surface area (Å²) < 4.78 is 13.1. The summed E-state index contributed by atoms with van der Waals surface area (Å²) in [7, 11) is 0. The van der Waals surface area contributed by atoms with Gasteiger partial charge in [0.05, 0.1) is 22.7 Å². The van der Waals surface area contributed by atoms with Gasteiger partial charge in [-0.1, -0.05) is 166 Å². The Morgan fingerprint density at radius 1 is 0.301 bits per heavy atom. The maximum absolute atomic E-state index is 6.55. The van der Waals surface area contributed by atoms with E-state index in [0.29, 0.717) is 0 Å². The van der Waals surface area contributed by atoms with Crippen molar-refractivity contribution in [1.29, 1.82) is 0 Å². The highest BCUT2D eigenvalue weighted by atomic mass is 16.5. The number of para-hydroxylation sites is 8. The number of hydrogen-bond donors (Lipinski definition) is 0. The van der Waals surface area contributed by atoms with Crippen LogP contribution in [0.5, 0.6) is 23.0 Å². The summed E-state index contributed by atoms with van der Waals surface area (Å²) in [6.07, 6.45) is 0. The van der Waals surface area contributed by atoms with Crippen LogP contribution in [0.2, 0.25) is 0 Å². The molecule has 344 valence electrons. The number of hydrogen-bond acceptors (Lipinski definition) is 4. The molecule has 15 rings (SSSR count). The highest BCUT2D eigenvalue weighted by Crippen LogP contribution is 2.56. The van der Waals surface area contributed by atoms with Crippen molar-refractivity contribution in [1.82, 2.24) is 0 Å². The smallest absolute Gasteiger partial charge is 0.151 e. The van der Waals surface area contributed by atoms with Gasteiger partial charge in [-0.25, -0.2) is 0 Å². The fraction of sp³-hybridized carbons (Fsp3) is 0.0435. The van der Waals surface area contributed by atoms with E-state index in [1.54, 1.807) is 0 Å². The molecule has 0 unspecified atom stereocenters. The molecule has 0 amide bonds. The minimum absolute atomic E-state index is 0.251. The van der Waals surface area contributed by atoms with Crippen LogP contribution in [0.15, 0.2) is 243 Å². The average Bonchev–Trinajstić information content (AvgIpc) is 3.67. The van der Waals surface area contributed by atoms with Crippen LogP contribution in [0, 0.1) is 0 Å². The Kier molecular flexibility index (Phi) is 8.97. The minimum atomic E-state index is -0.251. The van der Waals surface area contributed by atoms with E-state index in [1.807, 2.05) is 24.3 Å². The van der Waals surface area contributed by atoms with Gasteiger partial charge >= 0.3 is 0 Å². The lowest BCUT2D eigenvalue weighted by Gasteiger charge is -2.33. The van der Waals surface area contributed by atoms with Gasteiger partial charge in [0.2, 0.25) is 0 Å². The van der Waals surface area contributed by atoms with Gasteiger partial charge in [0.25, 0.3) is 0 Å². The summed E-state index contributed by atoms with van der Waals surface area (Å²) in [6.45, 7) is 4.79. The standard InChI is InChI=1S/C69H46N2O2/c1-69(2)57-39-46(43-16-4-3-5-17-43)30-34-51(57)52-35-31-48(40-58(52)69)68-54-37-33-49(70-59-20-8-12-24-63(59)72-64-25-13-9-21-60(64)70)41-55(54)67(47-29-28-44-18-6-7-19-45(44)38-47)53-36-32-50(42-56(53)68)71-61-22-10-14-26-65(61)73-66-27-15-11-23-62(66)71/h3-42H,1-2H3. The fourth-order valence-corrected chi connectivity index (χ4v) is 12.1. The van der Waals surface area contributed by atoms with Gasteiger partial charge in [0, 0.05) is 16.8 Å². The molecular weight excluding hydrogens is 889 g/mol. The van der Waals surface area contributed by atoms with Crippen LogP contribution in [0.3, 0.4) is 0 Å². The van der Waals surface area contributed by atoms with Crippen LogP contribution in [-0.4, -0.2) is 0 Å². The Morgan fingerprint density at radius 3 is 1.23 bits per heavy atom. The molecule has 0 fully saturated rings. The maximum Gasteiger partial charge on any atom is 0.151 e. The van der Waals surface area contributed by atoms with Crippen molar-refractivity contribution in [2.75, 3.05) is 9.80 Å². The van der Waals surface area contributed by atoms with E-state index in [2.05, 4.69) is 242 Å². The van der Waals surface area contributed by atoms with Crippen LogP contribution in [0.25, 0.3) is 76.8 Å². The molecule has 0 N–H and O–H groups in total. The Morgan fingerprint density at radius 2 is 0.712 bits per heavy atom. The lowest BCUT2D eigenvalue weighted by molar-refractivity contribution is 0.477. The summed E-state index contributed by atoms with van der Waals surface area (Å²) in [5.74, 6) is 3.30. The number of rotatable bonds is 5. The third kappa shape index (κ3) is 6.33. The van der Waals surface area contributed by atoms with Crippen LogP contribution in [0.1, 0.15) is 25.0 Å². The highest BCUT2D eigenvalue weighted by Gasteiger charge is 2.37. The zero-order valence-corrected chi connectivity index (χ0v) is 40.3. The van der Waals surface area contributed by atoms with Crippen molar-refractivity contribution in [3.05, 3.63) is 254 Å². The van der Waals surface area contributed by atoms with Crippen LogP contribution >= 0.6 is 0 Å². The maximum atomic E-state index is 6.55. The first-order valence-electron chi connectivity index (χ1n) is 25.1. The number of fused-ring (bicyclic) bond motifs is 10. The van der Waals surface area contributed by atoms with Crippen molar-refractivity contribution in [3.63, 3.8) is 0 Å². The summed E-state index contributed by atoms with van der Waals surface area (Å²) in [5, 5.41) is 7.10. The molecule has 0 saturated carbocycles. The van der Waals surface area contributed by atoms with Crippen molar-refractivity contribution in [3.8, 4) is 67.5 Å². The van der Waals surface area contributed by atoms with Gasteiger partial charge in [-0.3, -0.25) is 0 Å². The summed E-state index contributed by atoms with van der Waals surface area (Å²) in [4.78, 5) is 4.72. The van der Waals surface area contributed by atoms with Crippen molar-refractivity contribution in [2.24, 2.45) is 0 Å². The first-order valence-corrected chi connectivity index (χ1v) is 25.1. The Hall–Kier alpha value is -9.38. The monoisotopic (exact) mass is 934 g/mol. The SMILES string of the molecule is CC1(C)c2cc(-c3ccccc3)ccc2-c2ccc(-c3c4ccc(N5c6ccccc6Oc6ccccc65)cc4c(-c4ccc5ccccc5c4)c4ccc(N5c6ccccc6Oc6ccccc65)cc34)cc21. The minimum Gasteiger partial charge on any atom is -0.453 e.